The minimum atomic E-state index is -3.54. The fourth-order valence-electron chi connectivity index (χ4n) is 3.34. The Morgan fingerprint density at radius 3 is 2.24 bits per heavy atom. The summed E-state index contributed by atoms with van der Waals surface area (Å²) in [6.07, 6.45) is 0.766. The van der Waals surface area contributed by atoms with E-state index in [9.17, 15) is 18.0 Å². The Morgan fingerprint density at radius 2 is 1.62 bits per heavy atom. The largest absolute Gasteiger partial charge is 0.451 e. The van der Waals surface area contributed by atoms with Crippen LogP contribution in [0.5, 0.6) is 0 Å². The highest BCUT2D eigenvalue weighted by molar-refractivity contribution is 7.89. The lowest BCUT2D eigenvalue weighted by Crippen LogP contribution is -2.28. The van der Waals surface area contributed by atoms with E-state index < -0.39 is 22.1 Å². The first-order valence-corrected chi connectivity index (χ1v) is 11.1. The Hall–Kier alpha value is -2.51. The Balaban J connectivity index is 1.70. The maximum absolute atomic E-state index is 12.7. The summed E-state index contributed by atoms with van der Waals surface area (Å²) in [5.74, 6) is -0.936. The fourth-order valence-corrected chi connectivity index (χ4v) is 4.86. The van der Waals surface area contributed by atoms with Crippen LogP contribution in [0.25, 0.3) is 0 Å². The lowest BCUT2D eigenvalue weighted by molar-refractivity contribution is 0.0318. The van der Waals surface area contributed by atoms with E-state index >= 15 is 0 Å². The smallest absolute Gasteiger partial charge is 0.338 e. The quantitative estimate of drug-likeness (QED) is 0.533. The first-order chi connectivity index (χ1) is 13.7. The number of carbonyl (C=O) groups is 2. The number of esters is 1. The molecule has 1 fully saturated rings. The molecule has 7 heteroatoms. The molecular weight excluding hydrogens is 390 g/mol. The van der Waals surface area contributed by atoms with Gasteiger partial charge in [-0.3, -0.25) is 4.79 Å². The van der Waals surface area contributed by atoms with Gasteiger partial charge in [0.15, 0.2) is 6.10 Å². The first-order valence-electron chi connectivity index (χ1n) is 9.63. The molecule has 2 aromatic rings. The van der Waals surface area contributed by atoms with Crippen molar-refractivity contribution in [3.63, 3.8) is 0 Å². The number of aryl methyl sites for hydroxylation is 2. The maximum atomic E-state index is 12.7. The molecule has 0 amide bonds. The summed E-state index contributed by atoms with van der Waals surface area (Å²) in [4.78, 5) is 25.2. The van der Waals surface area contributed by atoms with Gasteiger partial charge >= 0.3 is 5.97 Å². The first kappa shape index (κ1) is 21.2. The Bertz CT molecular complexity index is 1020. The number of hydrogen-bond acceptors (Lipinski definition) is 5. The molecule has 29 heavy (non-hydrogen) atoms. The van der Waals surface area contributed by atoms with Gasteiger partial charge in [0.1, 0.15) is 0 Å². The van der Waals surface area contributed by atoms with Gasteiger partial charge in [0.2, 0.25) is 15.8 Å². The highest BCUT2D eigenvalue weighted by atomic mass is 32.2. The van der Waals surface area contributed by atoms with Gasteiger partial charge in [-0.05, 0) is 69.5 Å². The summed E-state index contributed by atoms with van der Waals surface area (Å²) >= 11 is 0. The number of ether oxygens (including phenoxy) is 1. The summed E-state index contributed by atoms with van der Waals surface area (Å²) < 4.78 is 31.9. The second kappa shape index (κ2) is 8.47. The average molecular weight is 416 g/mol. The van der Waals surface area contributed by atoms with E-state index in [-0.39, 0.29) is 16.2 Å². The number of rotatable bonds is 6. The van der Waals surface area contributed by atoms with Crippen LogP contribution in [0.4, 0.5) is 0 Å². The molecule has 1 saturated heterocycles. The molecule has 0 N–H and O–H groups in total. The van der Waals surface area contributed by atoms with Crippen molar-refractivity contribution in [2.75, 3.05) is 13.1 Å². The number of Topliss-reactive ketones (excluding diaryl/α,β-unsaturated/α-hetero) is 1. The Labute approximate surface area is 171 Å². The molecule has 1 aliphatic heterocycles. The molecule has 1 aliphatic rings. The lowest BCUT2D eigenvalue weighted by atomic mass is 9.99. The van der Waals surface area contributed by atoms with E-state index in [1.54, 1.807) is 6.07 Å². The van der Waals surface area contributed by atoms with Gasteiger partial charge in [-0.2, -0.15) is 4.31 Å². The predicted molar refractivity (Wildman–Crippen MR) is 110 cm³/mol. The van der Waals surface area contributed by atoms with Gasteiger partial charge in [-0.1, -0.05) is 17.7 Å². The molecule has 0 saturated carbocycles. The van der Waals surface area contributed by atoms with Crippen LogP contribution in [-0.2, 0) is 14.8 Å². The van der Waals surface area contributed by atoms with Crippen LogP contribution < -0.4 is 0 Å². The standard InChI is InChI=1S/C22H25NO5S/c1-15-6-7-16(2)20(14-15)21(24)17(3)28-22(25)18-8-10-19(11-9-18)29(26,27)23-12-4-5-13-23/h6-11,14,17H,4-5,12-13H2,1-3H3/t17-/m0/s1. The van der Waals surface area contributed by atoms with Gasteiger partial charge in [-0.25, -0.2) is 13.2 Å². The summed E-state index contributed by atoms with van der Waals surface area (Å²) in [6.45, 7) is 6.30. The van der Waals surface area contributed by atoms with Crippen molar-refractivity contribution in [3.8, 4) is 0 Å². The maximum Gasteiger partial charge on any atom is 0.338 e. The van der Waals surface area contributed by atoms with Crippen molar-refractivity contribution in [2.24, 2.45) is 0 Å². The SMILES string of the molecule is Cc1ccc(C)c(C(=O)[C@H](C)OC(=O)c2ccc(S(=O)(=O)N3CCCC3)cc2)c1. The van der Waals surface area contributed by atoms with Crippen molar-refractivity contribution in [3.05, 3.63) is 64.7 Å². The third-order valence-corrected chi connectivity index (χ3v) is 7.02. The minimum Gasteiger partial charge on any atom is -0.451 e. The third-order valence-electron chi connectivity index (χ3n) is 5.10. The number of hydrogen-bond donors (Lipinski definition) is 0. The van der Waals surface area contributed by atoms with Gasteiger partial charge in [0.05, 0.1) is 10.5 Å². The summed E-state index contributed by atoms with van der Waals surface area (Å²) in [5, 5.41) is 0. The molecule has 1 heterocycles. The fraction of sp³-hybridized carbons (Fsp3) is 0.364. The molecule has 2 aromatic carbocycles. The highest BCUT2D eigenvalue weighted by Crippen LogP contribution is 2.22. The monoisotopic (exact) mass is 415 g/mol. The molecule has 0 aliphatic carbocycles. The van der Waals surface area contributed by atoms with Crippen molar-refractivity contribution >= 4 is 21.8 Å². The summed E-state index contributed by atoms with van der Waals surface area (Å²) in [7, 11) is -3.54. The molecule has 0 bridgehead atoms. The van der Waals surface area contributed by atoms with Crippen LogP contribution in [0.2, 0.25) is 0 Å². The topological polar surface area (TPSA) is 80.8 Å². The zero-order valence-electron chi connectivity index (χ0n) is 16.8. The molecule has 1 atom stereocenters. The predicted octanol–water partition coefficient (Wildman–Crippen LogP) is 3.52. The number of ketones is 1. The molecule has 0 spiro atoms. The van der Waals surface area contributed by atoms with Gasteiger partial charge < -0.3 is 4.74 Å². The number of benzene rings is 2. The van der Waals surface area contributed by atoms with E-state index in [1.807, 2.05) is 26.0 Å². The molecule has 0 unspecified atom stereocenters. The van der Waals surface area contributed by atoms with Crippen molar-refractivity contribution < 1.29 is 22.7 Å². The molecule has 6 nitrogen and oxygen atoms in total. The van der Waals surface area contributed by atoms with Crippen molar-refractivity contribution in [2.45, 2.75) is 44.6 Å². The van der Waals surface area contributed by atoms with Crippen LogP contribution in [0, 0.1) is 13.8 Å². The number of nitrogens with zero attached hydrogens (tertiary/aromatic N) is 1. The van der Waals surface area contributed by atoms with Crippen LogP contribution in [0.1, 0.15) is 51.6 Å². The molecular formula is C22H25NO5S. The minimum absolute atomic E-state index is 0.149. The van der Waals surface area contributed by atoms with Crippen molar-refractivity contribution in [1.82, 2.24) is 4.31 Å². The van der Waals surface area contributed by atoms with E-state index in [1.165, 1.54) is 35.5 Å². The van der Waals surface area contributed by atoms with Gasteiger partial charge in [0.25, 0.3) is 0 Å². The van der Waals surface area contributed by atoms with E-state index in [2.05, 4.69) is 0 Å². The Kier molecular flexibility index (Phi) is 6.19. The molecule has 3 rings (SSSR count). The van der Waals surface area contributed by atoms with Gasteiger partial charge in [-0.15, -0.1) is 0 Å². The lowest BCUT2D eigenvalue weighted by Gasteiger charge is -2.16. The molecule has 154 valence electrons. The third kappa shape index (κ3) is 4.57. The van der Waals surface area contributed by atoms with Crippen LogP contribution in [0.15, 0.2) is 47.4 Å². The summed E-state index contributed by atoms with van der Waals surface area (Å²) in [6, 6.07) is 11.2. The highest BCUT2D eigenvalue weighted by Gasteiger charge is 2.27. The van der Waals surface area contributed by atoms with E-state index in [4.69, 9.17) is 4.74 Å². The van der Waals surface area contributed by atoms with Crippen molar-refractivity contribution in [1.29, 1.82) is 0 Å². The number of carbonyl (C=O) groups excluding carboxylic acids is 2. The Morgan fingerprint density at radius 1 is 1.00 bits per heavy atom. The van der Waals surface area contributed by atoms with Crippen LogP contribution in [-0.4, -0.2) is 43.7 Å². The van der Waals surface area contributed by atoms with Crippen LogP contribution >= 0.6 is 0 Å². The van der Waals surface area contributed by atoms with E-state index in [0.29, 0.717) is 18.7 Å². The average Bonchev–Trinajstić information content (AvgIpc) is 3.25. The molecule has 0 aromatic heterocycles. The second-order valence-corrected chi connectivity index (χ2v) is 9.30. The summed E-state index contributed by atoms with van der Waals surface area (Å²) in [5.41, 5.74) is 2.50. The van der Waals surface area contributed by atoms with Crippen LogP contribution in [0.3, 0.4) is 0 Å². The van der Waals surface area contributed by atoms with Gasteiger partial charge in [0, 0.05) is 18.7 Å². The normalized spacial score (nSPS) is 15.8. The zero-order chi connectivity index (χ0) is 21.2. The number of sulfonamides is 1. The second-order valence-electron chi connectivity index (χ2n) is 7.37. The zero-order valence-corrected chi connectivity index (χ0v) is 17.7. The molecule has 0 radical (unpaired) electrons. The van der Waals surface area contributed by atoms with E-state index in [0.717, 1.165) is 24.0 Å².